The summed E-state index contributed by atoms with van der Waals surface area (Å²) in [5.74, 6) is 2.12. The van der Waals surface area contributed by atoms with Crippen molar-refractivity contribution in [1.82, 2.24) is 0 Å². The molecule has 4 saturated carbocycles. The van der Waals surface area contributed by atoms with Crippen molar-refractivity contribution in [2.45, 2.75) is 26.2 Å². The second-order valence-corrected chi connectivity index (χ2v) is 4.72. The largest absolute Gasteiger partial charge is 0.102 e. The molecular formula is C10H14. The van der Waals surface area contributed by atoms with E-state index in [1.165, 1.54) is 19.3 Å². The maximum absolute atomic E-state index is 3.98. The molecule has 4 rings (SSSR count). The summed E-state index contributed by atoms with van der Waals surface area (Å²) in [6.07, 6.45) is 6.74. The molecule has 0 aromatic carbocycles. The average molecular weight is 134 g/mol. The van der Waals surface area contributed by atoms with Crippen molar-refractivity contribution in [1.29, 1.82) is 0 Å². The predicted octanol–water partition coefficient (Wildman–Crippen LogP) is 2.61. The zero-order chi connectivity index (χ0) is 6.98. The van der Waals surface area contributed by atoms with Gasteiger partial charge in [-0.25, -0.2) is 0 Å². The first-order valence-electron chi connectivity index (χ1n) is 4.36. The van der Waals surface area contributed by atoms with Gasteiger partial charge in [-0.1, -0.05) is 13.0 Å². The molecule has 0 aliphatic heterocycles. The van der Waals surface area contributed by atoms with E-state index in [1.807, 2.05) is 0 Å². The van der Waals surface area contributed by atoms with E-state index in [4.69, 9.17) is 0 Å². The van der Waals surface area contributed by atoms with Crippen LogP contribution in [0.1, 0.15) is 26.2 Å². The molecule has 0 heteroatoms. The fourth-order valence-electron chi connectivity index (χ4n) is 4.18. The molecule has 0 nitrogen and oxygen atoms in total. The third-order valence-corrected chi connectivity index (χ3v) is 4.64. The van der Waals surface area contributed by atoms with Crippen LogP contribution in [0.5, 0.6) is 0 Å². The van der Waals surface area contributed by atoms with Gasteiger partial charge in [0.2, 0.25) is 0 Å². The van der Waals surface area contributed by atoms with Gasteiger partial charge in [-0.2, -0.15) is 0 Å². The van der Waals surface area contributed by atoms with E-state index in [0.29, 0.717) is 5.41 Å². The van der Waals surface area contributed by atoms with E-state index >= 15 is 0 Å². The van der Waals surface area contributed by atoms with Gasteiger partial charge in [0, 0.05) is 0 Å². The van der Waals surface area contributed by atoms with Crippen LogP contribution >= 0.6 is 0 Å². The smallest absolute Gasteiger partial charge is 0.00276 e. The Balaban J connectivity index is 2.15. The lowest BCUT2D eigenvalue weighted by molar-refractivity contribution is 0.498. The minimum Gasteiger partial charge on any atom is -0.102 e. The lowest BCUT2D eigenvalue weighted by Crippen LogP contribution is -1.97. The Morgan fingerprint density at radius 3 is 2.50 bits per heavy atom. The molecule has 0 saturated heterocycles. The Hall–Kier alpha value is -0.260. The highest BCUT2D eigenvalue weighted by Crippen LogP contribution is 2.87. The molecule has 4 aliphatic rings. The lowest BCUT2D eigenvalue weighted by atomic mass is 9.99. The molecule has 0 spiro atoms. The van der Waals surface area contributed by atoms with Crippen molar-refractivity contribution in [3.05, 3.63) is 12.7 Å². The van der Waals surface area contributed by atoms with Crippen molar-refractivity contribution >= 4 is 0 Å². The number of hydrogen-bond donors (Lipinski definition) is 0. The molecule has 0 aromatic rings. The Morgan fingerprint density at radius 1 is 1.50 bits per heavy atom. The summed E-state index contributed by atoms with van der Waals surface area (Å²) in [5.41, 5.74) is 1.36. The van der Waals surface area contributed by atoms with Crippen LogP contribution < -0.4 is 0 Å². The lowest BCUT2D eigenvalue weighted by Gasteiger charge is -2.05. The molecule has 0 heterocycles. The van der Waals surface area contributed by atoms with Gasteiger partial charge in [-0.05, 0) is 41.9 Å². The Kier molecular flexibility index (Phi) is 0.598. The molecule has 0 aromatic heterocycles. The van der Waals surface area contributed by atoms with Gasteiger partial charge in [0.25, 0.3) is 0 Å². The van der Waals surface area contributed by atoms with Gasteiger partial charge in [0.05, 0.1) is 0 Å². The summed E-state index contributed by atoms with van der Waals surface area (Å²) < 4.78 is 0. The third kappa shape index (κ3) is 0.275. The summed E-state index contributed by atoms with van der Waals surface area (Å²) >= 11 is 0. The van der Waals surface area contributed by atoms with Gasteiger partial charge in [0.1, 0.15) is 0 Å². The van der Waals surface area contributed by atoms with E-state index in [2.05, 4.69) is 19.6 Å². The van der Waals surface area contributed by atoms with Crippen LogP contribution in [0.25, 0.3) is 0 Å². The van der Waals surface area contributed by atoms with Crippen molar-refractivity contribution < 1.29 is 0 Å². The maximum atomic E-state index is 3.98. The highest BCUT2D eigenvalue weighted by Gasteiger charge is 2.80. The van der Waals surface area contributed by atoms with Crippen LogP contribution in [-0.2, 0) is 0 Å². The van der Waals surface area contributed by atoms with E-state index in [9.17, 15) is 0 Å². The first kappa shape index (κ1) is 5.40. The maximum Gasteiger partial charge on any atom is -0.00276 e. The molecule has 4 aliphatic carbocycles. The Bertz CT molecular complexity index is 218. The first-order valence-corrected chi connectivity index (χ1v) is 4.36. The third-order valence-electron chi connectivity index (χ3n) is 4.64. The monoisotopic (exact) mass is 134 g/mol. The summed E-state index contributed by atoms with van der Waals surface area (Å²) in [6.45, 7) is 6.44. The fourth-order valence-corrected chi connectivity index (χ4v) is 4.18. The van der Waals surface area contributed by atoms with E-state index < -0.39 is 0 Å². The van der Waals surface area contributed by atoms with Crippen LogP contribution in [0.2, 0.25) is 0 Å². The summed E-state index contributed by atoms with van der Waals surface area (Å²) in [6, 6.07) is 0. The molecule has 4 bridgehead atoms. The van der Waals surface area contributed by atoms with Crippen LogP contribution in [0.3, 0.4) is 0 Å². The second-order valence-electron chi connectivity index (χ2n) is 4.72. The fraction of sp³-hybridized carbons (Fsp3) is 0.800. The van der Waals surface area contributed by atoms with Gasteiger partial charge in [-0.3, -0.25) is 0 Å². The average Bonchev–Trinajstić information content (AvgIpc) is 2.41. The number of hydrogen-bond acceptors (Lipinski definition) is 0. The van der Waals surface area contributed by atoms with Crippen LogP contribution in [0, 0.1) is 22.7 Å². The molecular weight excluding hydrogens is 120 g/mol. The highest BCUT2D eigenvalue weighted by molar-refractivity contribution is 5.35. The van der Waals surface area contributed by atoms with Crippen molar-refractivity contribution in [2.24, 2.45) is 22.7 Å². The van der Waals surface area contributed by atoms with Crippen molar-refractivity contribution in [3.8, 4) is 0 Å². The standard InChI is InChI=1S/C10H14/c1-3-10-6-7-4-8(10)9(10,2)5-7/h3,7-8H,1,4-6H2,2H3. The van der Waals surface area contributed by atoms with E-state index in [1.54, 1.807) is 0 Å². The molecule has 54 valence electrons. The number of rotatable bonds is 1. The molecule has 4 fully saturated rings. The quantitative estimate of drug-likeness (QED) is 0.483. The molecule has 0 radical (unpaired) electrons. The molecule has 0 N–H and O–H groups in total. The van der Waals surface area contributed by atoms with Gasteiger partial charge in [-0.15, -0.1) is 6.58 Å². The second kappa shape index (κ2) is 1.11. The first-order chi connectivity index (χ1) is 4.73. The topological polar surface area (TPSA) is 0 Å². The molecule has 0 amide bonds. The van der Waals surface area contributed by atoms with Crippen LogP contribution in [-0.4, -0.2) is 0 Å². The molecule has 4 unspecified atom stereocenters. The highest BCUT2D eigenvalue weighted by atomic mass is 14.8. The Labute approximate surface area is 62.3 Å². The van der Waals surface area contributed by atoms with Gasteiger partial charge >= 0.3 is 0 Å². The van der Waals surface area contributed by atoms with Crippen LogP contribution in [0.4, 0.5) is 0 Å². The van der Waals surface area contributed by atoms with Gasteiger partial charge in [0.15, 0.2) is 0 Å². The van der Waals surface area contributed by atoms with E-state index in [0.717, 1.165) is 17.3 Å². The van der Waals surface area contributed by atoms with Crippen molar-refractivity contribution in [3.63, 3.8) is 0 Å². The molecule has 4 atom stereocenters. The van der Waals surface area contributed by atoms with Gasteiger partial charge < -0.3 is 0 Å². The zero-order valence-electron chi connectivity index (χ0n) is 6.56. The summed E-state index contributed by atoms with van der Waals surface area (Å²) in [5, 5.41) is 0. The summed E-state index contributed by atoms with van der Waals surface area (Å²) in [7, 11) is 0. The minimum absolute atomic E-state index is 0.637. The van der Waals surface area contributed by atoms with Crippen LogP contribution in [0.15, 0.2) is 12.7 Å². The number of allylic oxidation sites excluding steroid dienone is 1. The SMILES string of the molecule is C=CC12CC3CC1C2(C)C3. The summed E-state index contributed by atoms with van der Waals surface area (Å²) in [4.78, 5) is 0. The minimum atomic E-state index is 0.637. The molecule has 10 heavy (non-hydrogen) atoms. The Morgan fingerprint density at radius 2 is 2.30 bits per heavy atom. The van der Waals surface area contributed by atoms with Crippen molar-refractivity contribution in [2.75, 3.05) is 0 Å². The predicted molar refractivity (Wildman–Crippen MR) is 41.6 cm³/mol. The zero-order valence-corrected chi connectivity index (χ0v) is 6.56. The normalized spacial score (nSPS) is 68.5. The van der Waals surface area contributed by atoms with E-state index in [-0.39, 0.29) is 0 Å².